The summed E-state index contributed by atoms with van der Waals surface area (Å²) >= 11 is 0. The summed E-state index contributed by atoms with van der Waals surface area (Å²) < 4.78 is 25.6. The van der Waals surface area contributed by atoms with Crippen molar-refractivity contribution in [3.05, 3.63) is 71.3 Å². The van der Waals surface area contributed by atoms with Gasteiger partial charge in [0.05, 0.1) is 6.42 Å². The number of amides is 1. The molecule has 0 aliphatic carbocycles. The lowest BCUT2D eigenvalue weighted by atomic mass is 10.1. The molecule has 0 bridgehead atoms. The lowest BCUT2D eigenvalue weighted by molar-refractivity contribution is -0.120. The van der Waals surface area contributed by atoms with Crippen LogP contribution in [0.1, 0.15) is 11.1 Å². The van der Waals surface area contributed by atoms with E-state index in [1.165, 1.54) is 24.3 Å². The molecule has 2 aromatic carbocycles. The summed E-state index contributed by atoms with van der Waals surface area (Å²) in [6, 6.07) is 11.8. The van der Waals surface area contributed by atoms with Crippen molar-refractivity contribution in [2.24, 2.45) is 0 Å². The number of halogens is 2. The highest BCUT2D eigenvalue weighted by atomic mass is 19.1. The maximum atomic E-state index is 12.9. The van der Waals surface area contributed by atoms with Crippen LogP contribution in [0.3, 0.4) is 0 Å². The summed E-state index contributed by atoms with van der Waals surface area (Å²) in [7, 11) is 0. The van der Waals surface area contributed by atoms with Gasteiger partial charge >= 0.3 is 0 Å². The quantitative estimate of drug-likeness (QED) is 0.901. The number of hydrogen-bond acceptors (Lipinski definition) is 1. The molecule has 1 amide bonds. The summed E-state index contributed by atoms with van der Waals surface area (Å²) in [6.45, 7) is 0.328. The van der Waals surface area contributed by atoms with Crippen molar-refractivity contribution >= 4 is 5.91 Å². The lowest BCUT2D eigenvalue weighted by Gasteiger charge is -2.05. The Labute approximate surface area is 110 Å². The van der Waals surface area contributed by atoms with Crippen LogP contribution in [-0.2, 0) is 17.8 Å². The standard InChI is InChI=1S/C15H13F2NO/c16-13-6-4-11(5-7-13)10-18-15(19)9-12-2-1-3-14(17)8-12/h1-8H,9-10H2,(H,18,19). The average Bonchev–Trinajstić information content (AvgIpc) is 2.38. The molecule has 4 heteroatoms. The number of benzene rings is 2. The van der Waals surface area contributed by atoms with Crippen LogP contribution in [0, 0.1) is 11.6 Å². The van der Waals surface area contributed by atoms with Gasteiger partial charge in [-0.15, -0.1) is 0 Å². The van der Waals surface area contributed by atoms with E-state index in [4.69, 9.17) is 0 Å². The first kappa shape index (κ1) is 13.2. The first-order valence-electron chi connectivity index (χ1n) is 5.89. The van der Waals surface area contributed by atoms with Crippen molar-refractivity contribution in [1.82, 2.24) is 5.32 Å². The molecule has 0 radical (unpaired) electrons. The largest absolute Gasteiger partial charge is 0.352 e. The zero-order chi connectivity index (χ0) is 13.7. The van der Waals surface area contributed by atoms with Gasteiger partial charge in [-0.05, 0) is 35.4 Å². The Morgan fingerprint density at radius 3 is 2.37 bits per heavy atom. The van der Waals surface area contributed by atoms with Gasteiger partial charge in [0.2, 0.25) is 5.91 Å². The molecule has 2 aromatic rings. The third-order valence-corrected chi connectivity index (χ3v) is 2.66. The van der Waals surface area contributed by atoms with E-state index >= 15 is 0 Å². The lowest BCUT2D eigenvalue weighted by Crippen LogP contribution is -2.24. The van der Waals surface area contributed by atoms with Crippen molar-refractivity contribution < 1.29 is 13.6 Å². The molecule has 0 aliphatic heterocycles. The van der Waals surface area contributed by atoms with Gasteiger partial charge in [-0.1, -0.05) is 24.3 Å². The Kier molecular flexibility index (Phi) is 4.23. The van der Waals surface area contributed by atoms with Crippen LogP contribution in [-0.4, -0.2) is 5.91 Å². The number of hydrogen-bond donors (Lipinski definition) is 1. The molecule has 0 aromatic heterocycles. The molecule has 1 N–H and O–H groups in total. The Morgan fingerprint density at radius 1 is 0.947 bits per heavy atom. The molecule has 2 rings (SSSR count). The first-order valence-corrected chi connectivity index (χ1v) is 5.89. The van der Waals surface area contributed by atoms with E-state index < -0.39 is 0 Å². The second-order valence-corrected chi connectivity index (χ2v) is 4.21. The number of nitrogens with one attached hydrogen (secondary N) is 1. The van der Waals surface area contributed by atoms with Crippen LogP contribution in [0.2, 0.25) is 0 Å². The molecule has 0 atom stereocenters. The fourth-order valence-corrected chi connectivity index (χ4v) is 1.70. The van der Waals surface area contributed by atoms with Crippen LogP contribution in [0.4, 0.5) is 8.78 Å². The van der Waals surface area contributed by atoms with Crippen molar-refractivity contribution in [1.29, 1.82) is 0 Å². The summed E-state index contributed by atoms with van der Waals surface area (Å²) in [5.41, 5.74) is 1.44. The van der Waals surface area contributed by atoms with Gasteiger partial charge in [0.15, 0.2) is 0 Å². The Morgan fingerprint density at radius 2 is 1.68 bits per heavy atom. The maximum absolute atomic E-state index is 12.9. The number of carbonyl (C=O) groups excluding carboxylic acids is 1. The van der Waals surface area contributed by atoms with Gasteiger partial charge < -0.3 is 5.32 Å². The highest BCUT2D eigenvalue weighted by molar-refractivity contribution is 5.78. The molecule has 0 heterocycles. The second-order valence-electron chi connectivity index (χ2n) is 4.21. The van der Waals surface area contributed by atoms with Crippen molar-refractivity contribution in [2.45, 2.75) is 13.0 Å². The van der Waals surface area contributed by atoms with Gasteiger partial charge in [0.1, 0.15) is 11.6 Å². The molecular weight excluding hydrogens is 248 g/mol. The van der Waals surface area contributed by atoms with Crippen LogP contribution in [0.5, 0.6) is 0 Å². The van der Waals surface area contributed by atoms with Gasteiger partial charge in [-0.25, -0.2) is 8.78 Å². The molecular formula is C15H13F2NO. The highest BCUT2D eigenvalue weighted by Crippen LogP contribution is 2.05. The third-order valence-electron chi connectivity index (χ3n) is 2.66. The summed E-state index contributed by atoms with van der Waals surface area (Å²) in [4.78, 5) is 11.7. The maximum Gasteiger partial charge on any atom is 0.224 e. The van der Waals surface area contributed by atoms with E-state index in [1.54, 1.807) is 24.3 Å². The number of carbonyl (C=O) groups is 1. The average molecular weight is 261 g/mol. The van der Waals surface area contributed by atoms with Gasteiger partial charge in [-0.3, -0.25) is 4.79 Å². The van der Waals surface area contributed by atoms with Gasteiger partial charge in [-0.2, -0.15) is 0 Å². The Hall–Kier alpha value is -2.23. The normalized spacial score (nSPS) is 10.2. The summed E-state index contributed by atoms with van der Waals surface area (Å²) in [5, 5.41) is 2.70. The minimum Gasteiger partial charge on any atom is -0.352 e. The molecule has 0 spiro atoms. The topological polar surface area (TPSA) is 29.1 Å². The fraction of sp³-hybridized carbons (Fsp3) is 0.133. The molecule has 2 nitrogen and oxygen atoms in total. The van der Waals surface area contributed by atoms with Crippen LogP contribution >= 0.6 is 0 Å². The van der Waals surface area contributed by atoms with E-state index in [9.17, 15) is 13.6 Å². The van der Waals surface area contributed by atoms with Crippen molar-refractivity contribution in [3.8, 4) is 0 Å². The molecule has 98 valence electrons. The first-order chi connectivity index (χ1) is 9.13. The van der Waals surface area contributed by atoms with Gasteiger partial charge in [0, 0.05) is 6.54 Å². The minimum atomic E-state index is -0.358. The molecule has 0 unspecified atom stereocenters. The smallest absolute Gasteiger partial charge is 0.224 e. The van der Waals surface area contributed by atoms with E-state index in [-0.39, 0.29) is 24.0 Å². The monoisotopic (exact) mass is 261 g/mol. The fourth-order valence-electron chi connectivity index (χ4n) is 1.70. The van der Waals surface area contributed by atoms with Crippen LogP contribution in [0.15, 0.2) is 48.5 Å². The zero-order valence-electron chi connectivity index (χ0n) is 10.2. The van der Waals surface area contributed by atoms with E-state index in [0.29, 0.717) is 12.1 Å². The SMILES string of the molecule is O=C(Cc1cccc(F)c1)NCc1ccc(F)cc1. The zero-order valence-corrected chi connectivity index (χ0v) is 10.2. The summed E-state index contributed by atoms with van der Waals surface area (Å²) in [6.07, 6.45) is 0.124. The summed E-state index contributed by atoms with van der Waals surface area (Å²) in [5.74, 6) is -0.867. The second kappa shape index (κ2) is 6.09. The third kappa shape index (κ3) is 4.17. The predicted octanol–water partition coefficient (Wildman–Crippen LogP) is 2.82. The van der Waals surface area contributed by atoms with E-state index in [1.807, 2.05) is 0 Å². The molecule has 0 saturated heterocycles. The highest BCUT2D eigenvalue weighted by Gasteiger charge is 2.04. The van der Waals surface area contributed by atoms with Crippen molar-refractivity contribution in [2.75, 3.05) is 0 Å². The van der Waals surface area contributed by atoms with Crippen LogP contribution < -0.4 is 5.32 Å². The predicted molar refractivity (Wildman–Crippen MR) is 68.4 cm³/mol. The molecule has 19 heavy (non-hydrogen) atoms. The number of rotatable bonds is 4. The van der Waals surface area contributed by atoms with Crippen LogP contribution in [0.25, 0.3) is 0 Å². The minimum absolute atomic E-state index is 0.124. The molecule has 0 aliphatic rings. The van der Waals surface area contributed by atoms with E-state index in [0.717, 1.165) is 5.56 Å². The Balaban J connectivity index is 1.86. The molecule has 0 saturated carbocycles. The molecule has 0 fully saturated rings. The van der Waals surface area contributed by atoms with E-state index in [2.05, 4.69) is 5.32 Å². The van der Waals surface area contributed by atoms with Gasteiger partial charge in [0.25, 0.3) is 0 Å². The van der Waals surface area contributed by atoms with Crippen molar-refractivity contribution in [3.63, 3.8) is 0 Å². The Bertz CT molecular complexity index is 567.